The van der Waals surface area contributed by atoms with Crippen LogP contribution in [0.1, 0.15) is 57.9 Å². The van der Waals surface area contributed by atoms with E-state index in [0.29, 0.717) is 19.6 Å². The van der Waals surface area contributed by atoms with Gasteiger partial charge >= 0.3 is 5.97 Å². The minimum absolute atomic E-state index is 0.138. The van der Waals surface area contributed by atoms with E-state index in [1.54, 1.807) is 6.20 Å². The lowest BCUT2D eigenvalue weighted by Crippen LogP contribution is -2.44. The predicted octanol–water partition coefficient (Wildman–Crippen LogP) is 2.25. The molecule has 0 aromatic carbocycles. The number of aromatic nitrogens is 2. The van der Waals surface area contributed by atoms with Crippen molar-refractivity contribution in [2.24, 2.45) is 5.92 Å². The molecule has 1 fully saturated rings. The van der Waals surface area contributed by atoms with Crippen molar-refractivity contribution in [3.8, 4) is 0 Å². The van der Waals surface area contributed by atoms with Gasteiger partial charge in [0.25, 0.3) is 0 Å². The number of amides is 1. The smallest absolute Gasteiger partial charge is 0.323 e. The minimum atomic E-state index is -0.989. The van der Waals surface area contributed by atoms with E-state index < -0.39 is 5.97 Å². The van der Waals surface area contributed by atoms with Crippen LogP contribution >= 0.6 is 0 Å². The average Bonchev–Trinajstić information content (AvgIpc) is 3.03. The summed E-state index contributed by atoms with van der Waals surface area (Å²) in [6.07, 6.45) is 3.57. The van der Waals surface area contributed by atoms with Crippen LogP contribution in [0.5, 0.6) is 0 Å². The van der Waals surface area contributed by atoms with Crippen molar-refractivity contribution in [3.63, 3.8) is 0 Å². The molecular weight excluding hydrogens is 310 g/mol. The maximum absolute atomic E-state index is 13.0. The Balaban J connectivity index is 2.25. The van der Waals surface area contributed by atoms with Gasteiger partial charge in [-0.2, -0.15) is 5.10 Å². The molecule has 0 bridgehead atoms. The van der Waals surface area contributed by atoms with Crippen LogP contribution in [0.2, 0.25) is 0 Å². The number of hydrogen-bond donors (Lipinski definition) is 1. The normalized spacial score (nSPS) is 21.0. The van der Waals surface area contributed by atoms with Crippen molar-refractivity contribution >= 4 is 11.9 Å². The van der Waals surface area contributed by atoms with E-state index in [0.717, 1.165) is 18.5 Å². The lowest BCUT2D eigenvalue weighted by atomic mass is 9.90. The SMILES string of the molecule is CCCN(CC(=O)O)C(=O)[C@@H]1CCCO[C@H]1c1ccnn1C(C)C. The van der Waals surface area contributed by atoms with E-state index in [-0.39, 0.29) is 30.5 Å². The molecule has 1 amide bonds. The summed E-state index contributed by atoms with van der Waals surface area (Å²) < 4.78 is 7.80. The van der Waals surface area contributed by atoms with Gasteiger partial charge in [0.2, 0.25) is 5.91 Å². The zero-order valence-electron chi connectivity index (χ0n) is 14.6. The molecule has 0 radical (unpaired) electrons. The topological polar surface area (TPSA) is 84.7 Å². The molecule has 2 rings (SSSR count). The third-order valence-corrected chi connectivity index (χ3v) is 4.25. The standard InChI is InChI=1S/C17H27N3O4/c1-4-9-19(11-15(21)22)17(23)13-6-5-10-24-16(13)14-7-8-18-20(14)12(2)3/h7-8,12-13,16H,4-6,9-11H2,1-3H3,(H,21,22)/t13-,16-/m1/s1. The van der Waals surface area contributed by atoms with Crippen molar-refractivity contribution in [2.45, 2.75) is 52.2 Å². The minimum Gasteiger partial charge on any atom is -0.480 e. The largest absolute Gasteiger partial charge is 0.480 e. The number of carbonyl (C=O) groups excluding carboxylic acids is 1. The van der Waals surface area contributed by atoms with E-state index in [9.17, 15) is 9.59 Å². The van der Waals surface area contributed by atoms with Gasteiger partial charge in [0, 0.05) is 25.4 Å². The third-order valence-electron chi connectivity index (χ3n) is 4.25. The Morgan fingerprint density at radius 3 is 2.88 bits per heavy atom. The van der Waals surface area contributed by atoms with Crippen LogP contribution in [-0.2, 0) is 14.3 Å². The van der Waals surface area contributed by atoms with Gasteiger partial charge < -0.3 is 14.7 Å². The average molecular weight is 337 g/mol. The van der Waals surface area contributed by atoms with Crippen LogP contribution < -0.4 is 0 Å². The van der Waals surface area contributed by atoms with Crippen LogP contribution in [0.25, 0.3) is 0 Å². The molecule has 1 aromatic heterocycles. The molecule has 0 spiro atoms. The molecule has 2 heterocycles. The summed E-state index contributed by atoms with van der Waals surface area (Å²) in [5.74, 6) is -1.49. The number of nitrogens with zero attached hydrogens (tertiary/aromatic N) is 3. The van der Waals surface area contributed by atoms with Crippen molar-refractivity contribution in [1.29, 1.82) is 0 Å². The van der Waals surface area contributed by atoms with E-state index in [2.05, 4.69) is 5.10 Å². The summed E-state index contributed by atoms with van der Waals surface area (Å²) in [6.45, 7) is 6.78. The number of hydrogen-bond acceptors (Lipinski definition) is 4. The molecule has 1 N–H and O–H groups in total. The van der Waals surface area contributed by atoms with Crippen LogP contribution in [0, 0.1) is 5.92 Å². The zero-order valence-corrected chi connectivity index (χ0v) is 14.6. The first-order chi connectivity index (χ1) is 11.5. The van der Waals surface area contributed by atoms with Crippen LogP contribution in [0.4, 0.5) is 0 Å². The molecule has 134 valence electrons. The molecule has 1 saturated heterocycles. The first kappa shape index (κ1) is 18.4. The van der Waals surface area contributed by atoms with Gasteiger partial charge in [-0.25, -0.2) is 0 Å². The monoisotopic (exact) mass is 337 g/mol. The van der Waals surface area contributed by atoms with Crippen molar-refractivity contribution in [2.75, 3.05) is 19.7 Å². The maximum atomic E-state index is 13.0. The quantitative estimate of drug-likeness (QED) is 0.825. The predicted molar refractivity (Wildman–Crippen MR) is 88.5 cm³/mol. The van der Waals surface area contributed by atoms with Gasteiger partial charge in [-0.15, -0.1) is 0 Å². The molecule has 1 aliphatic heterocycles. The molecule has 0 unspecified atom stereocenters. The van der Waals surface area contributed by atoms with Gasteiger partial charge in [0.05, 0.1) is 11.6 Å². The molecule has 2 atom stereocenters. The summed E-state index contributed by atoms with van der Waals surface area (Å²) in [6, 6.07) is 2.06. The van der Waals surface area contributed by atoms with Gasteiger partial charge in [-0.3, -0.25) is 14.3 Å². The summed E-state index contributed by atoms with van der Waals surface area (Å²) in [4.78, 5) is 25.5. The first-order valence-corrected chi connectivity index (χ1v) is 8.61. The molecule has 7 heteroatoms. The Labute approximate surface area is 142 Å². The first-order valence-electron chi connectivity index (χ1n) is 8.61. The Hall–Kier alpha value is -1.89. The second-order valence-corrected chi connectivity index (χ2v) is 6.49. The molecule has 0 saturated carbocycles. The van der Waals surface area contributed by atoms with Crippen LogP contribution in [0.3, 0.4) is 0 Å². The fourth-order valence-corrected chi connectivity index (χ4v) is 3.24. The maximum Gasteiger partial charge on any atom is 0.323 e. The summed E-state index contributed by atoms with van der Waals surface area (Å²) in [5.41, 5.74) is 0.884. The number of carbonyl (C=O) groups is 2. The molecule has 1 aromatic rings. The van der Waals surface area contributed by atoms with Gasteiger partial charge in [-0.05, 0) is 39.2 Å². The molecule has 7 nitrogen and oxygen atoms in total. The lowest BCUT2D eigenvalue weighted by molar-refractivity contribution is -0.152. The summed E-state index contributed by atoms with van der Waals surface area (Å²) >= 11 is 0. The Bertz CT molecular complexity index is 570. The van der Waals surface area contributed by atoms with Crippen molar-refractivity contribution in [1.82, 2.24) is 14.7 Å². The fourth-order valence-electron chi connectivity index (χ4n) is 3.24. The van der Waals surface area contributed by atoms with Gasteiger partial charge in [0.15, 0.2) is 0 Å². The van der Waals surface area contributed by atoms with Crippen LogP contribution in [-0.4, -0.2) is 51.4 Å². The van der Waals surface area contributed by atoms with Crippen molar-refractivity contribution in [3.05, 3.63) is 18.0 Å². The van der Waals surface area contributed by atoms with Crippen LogP contribution in [0.15, 0.2) is 12.3 Å². The molecular formula is C17H27N3O4. The third kappa shape index (κ3) is 4.14. The number of aliphatic carboxylic acids is 1. The second kappa shape index (κ2) is 8.28. The number of carboxylic acid groups (broad SMARTS) is 1. The Kier molecular flexibility index (Phi) is 6.36. The summed E-state index contributed by atoms with van der Waals surface area (Å²) in [7, 11) is 0. The summed E-state index contributed by atoms with van der Waals surface area (Å²) in [5, 5.41) is 13.4. The van der Waals surface area contributed by atoms with E-state index in [1.807, 2.05) is 31.5 Å². The molecule has 1 aliphatic rings. The highest BCUT2D eigenvalue weighted by molar-refractivity contribution is 5.83. The number of rotatable bonds is 7. The van der Waals surface area contributed by atoms with Gasteiger partial charge in [0.1, 0.15) is 12.6 Å². The molecule has 24 heavy (non-hydrogen) atoms. The van der Waals surface area contributed by atoms with Crippen molar-refractivity contribution < 1.29 is 19.4 Å². The van der Waals surface area contributed by atoms with E-state index in [1.165, 1.54) is 4.90 Å². The Morgan fingerprint density at radius 2 is 2.25 bits per heavy atom. The number of carboxylic acids is 1. The number of ether oxygens (including phenoxy) is 1. The zero-order chi connectivity index (χ0) is 17.7. The molecule has 0 aliphatic carbocycles. The fraction of sp³-hybridized carbons (Fsp3) is 0.706. The van der Waals surface area contributed by atoms with Gasteiger partial charge in [-0.1, -0.05) is 6.92 Å². The van der Waals surface area contributed by atoms with E-state index >= 15 is 0 Å². The van der Waals surface area contributed by atoms with E-state index in [4.69, 9.17) is 9.84 Å². The second-order valence-electron chi connectivity index (χ2n) is 6.49. The lowest BCUT2D eigenvalue weighted by Gasteiger charge is -2.34. The highest BCUT2D eigenvalue weighted by atomic mass is 16.5. The Morgan fingerprint density at radius 1 is 1.50 bits per heavy atom. The highest BCUT2D eigenvalue weighted by Crippen LogP contribution is 2.35. The highest BCUT2D eigenvalue weighted by Gasteiger charge is 2.37.